The number of nitrogens with zero attached hydrogens (tertiary/aromatic N) is 1. The molecule has 2 fully saturated rings. The lowest BCUT2D eigenvalue weighted by atomic mass is 10.1. The van der Waals surface area contributed by atoms with Crippen LogP contribution in [0.3, 0.4) is 0 Å². The van der Waals surface area contributed by atoms with Gasteiger partial charge >= 0.3 is 12.0 Å². The summed E-state index contributed by atoms with van der Waals surface area (Å²) in [7, 11) is 1.62. The van der Waals surface area contributed by atoms with Crippen LogP contribution in [0.1, 0.15) is 37.7 Å². The molecule has 2 aliphatic rings. The van der Waals surface area contributed by atoms with Gasteiger partial charge in [0.05, 0.1) is 19.1 Å². The van der Waals surface area contributed by atoms with Crippen molar-refractivity contribution < 1.29 is 24.2 Å². The van der Waals surface area contributed by atoms with E-state index in [1.54, 1.807) is 12.0 Å². The van der Waals surface area contributed by atoms with Crippen LogP contribution in [-0.2, 0) is 11.3 Å². The van der Waals surface area contributed by atoms with Gasteiger partial charge in [-0.05, 0) is 49.8 Å². The minimum atomic E-state index is -0.843. The Morgan fingerprint density at radius 3 is 2.65 bits per heavy atom. The number of likely N-dealkylation sites (tertiary alicyclic amines) is 1. The van der Waals surface area contributed by atoms with E-state index in [4.69, 9.17) is 14.6 Å². The van der Waals surface area contributed by atoms with Gasteiger partial charge in [0.2, 0.25) is 0 Å². The monoisotopic (exact) mass is 362 g/mol. The van der Waals surface area contributed by atoms with Gasteiger partial charge in [0, 0.05) is 19.6 Å². The molecule has 0 spiro atoms. The fourth-order valence-electron chi connectivity index (χ4n) is 3.54. The van der Waals surface area contributed by atoms with E-state index in [2.05, 4.69) is 5.32 Å². The predicted molar refractivity (Wildman–Crippen MR) is 95.4 cm³/mol. The molecule has 0 aromatic heterocycles. The Labute approximate surface area is 153 Å². The average Bonchev–Trinajstić information content (AvgIpc) is 3.31. The quantitative estimate of drug-likeness (QED) is 0.812. The molecule has 1 aliphatic carbocycles. The first-order valence-corrected chi connectivity index (χ1v) is 9.16. The fourth-order valence-corrected chi connectivity index (χ4v) is 3.54. The van der Waals surface area contributed by atoms with Gasteiger partial charge < -0.3 is 24.8 Å². The Morgan fingerprint density at radius 2 is 2.00 bits per heavy atom. The maximum absolute atomic E-state index is 12.2. The van der Waals surface area contributed by atoms with Gasteiger partial charge in [-0.15, -0.1) is 0 Å². The number of benzene rings is 1. The standard InChI is InChI=1S/C19H26N2O5/c1-25-16-7-6-13(10-17(16)26-15-4-2-3-5-15)11-20-19(24)21-9-8-14(12-21)18(22)23/h6-7,10,14-15H,2-5,8-9,11-12H2,1H3,(H,20,24)(H,22,23). The van der Waals surface area contributed by atoms with E-state index in [0.717, 1.165) is 18.4 Å². The third kappa shape index (κ3) is 4.39. The summed E-state index contributed by atoms with van der Waals surface area (Å²) in [5.74, 6) is 0.0893. The minimum absolute atomic E-state index is 0.228. The number of aliphatic carboxylic acids is 1. The molecule has 1 aliphatic heterocycles. The summed E-state index contributed by atoms with van der Waals surface area (Å²) >= 11 is 0. The van der Waals surface area contributed by atoms with Crippen molar-refractivity contribution in [3.63, 3.8) is 0 Å². The maximum atomic E-state index is 12.2. The molecular formula is C19H26N2O5. The zero-order valence-electron chi connectivity index (χ0n) is 15.1. The summed E-state index contributed by atoms with van der Waals surface area (Å²) < 4.78 is 11.4. The number of carbonyl (C=O) groups is 2. The van der Waals surface area contributed by atoms with Crippen LogP contribution in [0.15, 0.2) is 18.2 Å². The molecule has 1 heterocycles. The van der Waals surface area contributed by atoms with Crippen LogP contribution in [-0.4, -0.2) is 48.3 Å². The molecule has 7 heteroatoms. The molecule has 1 aromatic carbocycles. The molecule has 1 saturated carbocycles. The van der Waals surface area contributed by atoms with Crippen molar-refractivity contribution in [2.75, 3.05) is 20.2 Å². The predicted octanol–water partition coefficient (Wildman–Crippen LogP) is 2.63. The highest BCUT2D eigenvalue weighted by Gasteiger charge is 2.30. The Hall–Kier alpha value is -2.44. The molecular weight excluding hydrogens is 336 g/mol. The van der Waals surface area contributed by atoms with Gasteiger partial charge in [0.1, 0.15) is 0 Å². The molecule has 3 rings (SSSR count). The first-order chi connectivity index (χ1) is 12.6. The lowest BCUT2D eigenvalue weighted by Crippen LogP contribution is -2.38. The smallest absolute Gasteiger partial charge is 0.317 e. The van der Waals surface area contributed by atoms with Crippen LogP contribution >= 0.6 is 0 Å². The molecule has 1 saturated heterocycles. The molecule has 1 unspecified atom stereocenters. The lowest BCUT2D eigenvalue weighted by molar-refractivity contribution is -0.141. The number of hydrogen-bond acceptors (Lipinski definition) is 4. The van der Waals surface area contributed by atoms with Crippen molar-refractivity contribution in [1.82, 2.24) is 10.2 Å². The molecule has 142 valence electrons. The fraction of sp³-hybridized carbons (Fsp3) is 0.579. The Balaban J connectivity index is 1.57. The summed E-state index contributed by atoms with van der Waals surface area (Å²) in [4.78, 5) is 24.8. The normalized spacial score (nSPS) is 20.2. The molecule has 0 radical (unpaired) electrons. The topological polar surface area (TPSA) is 88.1 Å². The van der Waals surface area contributed by atoms with Crippen molar-refractivity contribution >= 4 is 12.0 Å². The summed E-state index contributed by atoms with van der Waals surface area (Å²) in [5, 5.41) is 11.9. The van der Waals surface area contributed by atoms with Crippen LogP contribution < -0.4 is 14.8 Å². The number of ether oxygens (including phenoxy) is 2. The van der Waals surface area contributed by atoms with Crippen LogP contribution in [0.5, 0.6) is 11.5 Å². The first kappa shape index (κ1) is 18.4. The van der Waals surface area contributed by atoms with Gasteiger partial charge in [-0.1, -0.05) is 6.07 Å². The second kappa shape index (κ2) is 8.29. The molecule has 26 heavy (non-hydrogen) atoms. The third-order valence-corrected chi connectivity index (χ3v) is 5.09. The first-order valence-electron chi connectivity index (χ1n) is 9.16. The average molecular weight is 362 g/mol. The Morgan fingerprint density at radius 1 is 1.23 bits per heavy atom. The highest BCUT2D eigenvalue weighted by Crippen LogP contribution is 2.32. The molecule has 1 aromatic rings. The number of methoxy groups -OCH3 is 1. The second-order valence-corrected chi connectivity index (χ2v) is 6.94. The van der Waals surface area contributed by atoms with Crippen molar-refractivity contribution in [3.8, 4) is 11.5 Å². The van der Waals surface area contributed by atoms with Crippen LogP contribution in [0, 0.1) is 5.92 Å². The second-order valence-electron chi connectivity index (χ2n) is 6.94. The highest BCUT2D eigenvalue weighted by atomic mass is 16.5. The number of rotatable bonds is 6. The van der Waals surface area contributed by atoms with E-state index < -0.39 is 11.9 Å². The zero-order chi connectivity index (χ0) is 18.5. The summed E-state index contributed by atoms with van der Waals surface area (Å²) in [6, 6.07) is 5.41. The number of carbonyl (C=O) groups excluding carboxylic acids is 1. The largest absolute Gasteiger partial charge is 0.493 e. The molecule has 2 N–H and O–H groups in total. The van der Waals surface area contributed by atoms with Crippen molar-refractivity contribution in [3.05, 3.63) is 23.8 Å². The molecule has 0 bridgehead atoms. The van der Waals surface area contributed by atoms with E-state index in [1.165, 1.54) is 12.8 Å². The van der Waals surface area contributed by atoms with E-state index >= 15 is 0 Å². The molecule has 1 atom stereocenters. The summed E-state index contributed by atoms with van der Waals surface area (Å²) in [6.45, 7) is 1.10. The minimum Gasteiger partial charge on any atom is -0.493 e. The number of amides is 2. The van der Waals surface area contributed by atoms with Gasteiger partial charge in [0.15, 0.2) is 11.5 Å². The van der Waals surface area contributed by atoms with Gasteiger partial charge in [-0.25, -0.2) is 4.79 Å². The van der Waals surface area contributed by atoms with Crippen LogP contribution in [0.25, 0.3) is 0 Å². The number of nitrogens with one attached hydrogen (secondary N) is 1. The summed E-state index contributed by atoms with van der Waals surface area (Å²) in [6.07, 6.45) is 5.23. The summed E-state index contributed by atoms with van der Waals surface area (Å²) in [5.41, 5.74) is 0.918. The van der Waals surface area contributed by atoms with Crippen molar-refractivity contribution in [2.24, 2.45) is 5.92 Å². The number of hydrogen-bond donors (Lipinski definition) is 2. The number of carboxylic acid groups (broad SMARTS) is 1. The van der Waals surface area contributed by atoms with Gasteiger partial charge in [-0.2, -0.15) is 0 Å². The van der Waals surface area contributed by atoms with Crippen molar-refractivity contribution in [2.45, 2.75) is 44.8 Å². The van der Waals surface area contributed by atoms with E-state index in [9.17, 15) is 9.59 Å². The number of carboxylic acids is 1. The maximum Gasteiger partial charge on any atom is 0.317 e. The van der Waals surface area contributed by atoms with Gasteiger partial charge in [0.25, 0.3) is 0 Å². The highest BCUT2D eigenvalue weighted by molar-refractivity contribution is 5.77. The van der Waals surface area contributed by atoms with Crippen molar-refractivity contribution in [1.29, 1.82) is 0 Å². The van der Waals surface area contributed by atoms with E-state index in [0.29, 0.717) is 31.0 Å². The van der Waals surface area contributed by atoms with Crippen LogP contribution in [0.4, 0.5) is 4.79 Å². The third-order valence-electron chi connectivity index (χ3n) is 5.09. The SMILES string of the molecule is COc1ccc(CNC(=O)N2CCC(C(=O)O)C2)cc1OC1CCCC1. The lowest BCUT2D eigenvalue weighted by Gasteiger charge is -2.18. The van der Waals surface area contributed by atoms with E-state index in [1.807, 2.05) is 18.2 Å². The van der Waals surface area contributed by atoms with E-state index in [-0.39, 0.29) is 18.7 Å². The Bertz CT molecular complexity index is 657. The van der Waals surface area contributed by atoms with Crippen LogP contribution in [0.2, 0.25) is 0 Å². The Kier molecular flexibility index (Phi) is 5.85. The number of urea groups is 1. The molecule has 7 nitrogen and oxygen atoms in total. The van der Waals surface area contributed by atoms with Gasteiger partial charge in [-0.3, -0.25) is 4.79 Å². The molecule has 2 amide bonds. The zero-order valence-corrected chi connectivity index (χ0v) is 15.1.